The highest BCUT2D eigenvalue weighted by Crippen LogP contribution is 2.35. The van der Waals surface area contributed by atoms with Crippen molar-refractivity contribution in [3.63, 3.8) is 0 Å². The summed E-state index contributed by atoms with van der Waals surface area (Å²) in [6.45, 7) is 0. The number of hydrogen-bond acceptors (Lipinski definition) is 2. The molecule has 2 nitrogen and oxygen atoms in total. The van der Waals surface area contributed by atoms with Crippen LogP contribution in [0.25, 0.3) is 0 Å². The molecule has 3 N–H and O–H groups in total. The van der Waals surface area contributed by atoms with E-state index < -0.39 is 17.4 Å². The zero-order valence-corrected chi connectivity index (χ0v) is 6.85. The maximum atomic E-state index is 13.1. The summed E-state index contributed by atoms with van der Waals surface area (Å²) in [5, 5.41) is 9.01. The summed E-state index contributed by atoms with van der Waals surface area (Å²) in [6, 6.07) is 0.932. The van der Waals surface area contributed by atoms with Crippen LogP contribution >= 0.6 is 0 Å². The fourth-order valence-electron chi connectivity index (χ4n) is 1.71. The van der Waals surface area contributed by atoms with E-state index in [1.165, 1.54) is 6.07 Å². The fraction of sp³-hybridized carbons (Fsp3) is 0.333. The number of benzene rings is 1. The highest BCUT2D eigenvalue weighted by molar-refractivity contribution is 5.42. The number of rotatable bonds is 0. The van der Waals surface area contributed by atoms with Crippen LogP contribution in [0, 0.1) is 11.6 Å². The van der Waals surface area contributed by atoms with E-state index in [1.807, 2.05) is 0 Å². The number of halogens is 2. The third-order valence-corrected chi connectivity index (χ3v) is 2.43. The summed E-state index contributed by atoms with van der Waals surface area (Å²) < 4.78 is 26.0. The fourth-order valence-corrected chi connectivity index (χ4v) is 1.71. The summed E-state index contributed by atoms with van der Waals surface area (Å²) in [5.41, 5.74) is 6.47. The Morgan fingerprint density at radius 2 is 2.08 bits per heavy atom. The Hall–Kier alpha value is -1.16. The Kier molecular flexibility index (Phi) is 1.73. The standard InChI is InChI=1S/C9H9F2NO/c10-8-4-1-2-6(12)5(4)3-7(13)9(8)11/h3,6,13H,1-2,12H2/t6-/m1/s1. The monoisotopic (exact) mass is 185 g/mol. The van der Waals surface area contributed by atoms with Crippen LogP contribution < -0.4 is 5.73 Å². The van der Waals surface area contributed by atoms with E-state index in [4.69, 9.17) is 10.8 Å². The van der Waals surface area contributed by atoms with E-state index in [0.29, 0.717) is 24.0 Å². The lowest BCUT2D eigenvalue weighted by Crippen LogP contribution is -2.05. The molecule has 1 aliphatic carbocycles. The lowest BCUT2D eigenvalue weighted by Gasteiger charge is -2.06. The zero-order chi connectivity index (χ0) is 9.59. The topological polar surface area (TPSA) is 46.2 Å². The molecule has 0 aliphatic heterocycles. The summed E-state index contributed by atoms with van der Waals surface area (Å²) in [4.78, 5) is 0. The summed E-state index contributed by atoms with van der Waals surface area (Å²) in [6.07, 6.45) is 1.05. The van der Waals surface area contributed by atoms with Crippen molar-refractivity contribution in [2.24, 2.45) is 5.73 Å². The Morgan fingerprint density at radius 3 is 2.77 bits per heavy atom. The first-order valence-electron chi connectivity index (χ1n) is 4.06. The molecule has 1 atom stereocenters. The highest BCUT2D eigenvalue weighted by atomic mass is 19.2. The molecule has 0 saturated heterocycles. The van der Waals surface area contributed by atoms with E-state index in [2.05, 4.69) is 0 Å². The maximum Gasteiger partial charge on any atom is 0.200 e. The molecule has 1 aromatic rings. The van der Waals surface area contributed by atoms with Crippen molar-refractivity contribution in [3.05, 3.63) is 28.8 Å². The van der Waals surface area contributed by atoms with E-state index >= 15 is 0 Å². The molecule has 0 radical (unpaired) electrons. The van der Waals surface area contributed by atoms with Crippen LogP contribution in [0.1, 0.15) is 23.6 Å². The van der Waals surface area contributed by atoms with Crippen LogP contribution in [-0.4, -0.2) is 5.11 Å². The van der Waals surface area contributed by atoms with Crippen molar-refractivity contribution < 1.29 is 13.9 Å². The summed E-state index contributed by atoms with van der Waals surface area (Å²) in [7, 11) is 0. The largest absolute Gasteiger partial charge is 0.505 e. The van der Waals surface area contributed by atoms with Crippen molar-refractivity contribution in [2.45, 2.75) is 18.9 Å². The molecule has 70 valence electrons. The second kappa shape index (κ2) is 2.67. The summed E-state index contributed by atoms with van der Waals surface area (Å²) in [5.74, 6) is -2.79. The van der Waals surface area contributed by atoms with Gasteiger partial charge in [0.25, 0.3) is 0 Å². The molecule has 0 unspecified atom stereocenters. The van der Waals surface area contributed by atoms with Gasteiger partial charge in [0.1, 0.15) is 0 Å². The molecule has 0 spiro atoms. The van der Waals surface area contributed by atoms with Crippen molar-refractivity contribution in [1.29, 1.82) is 0 Å². The molecule has 0 bridgehead atoms. The molecule has 4 heteroatoms. The van der Waals surface area contributed by atoms with Gasteiger partial charge in [0, 0.05) is 6.04 Å². The Morgan fingerprint density at radius 1 is 1.38 bits per heavy atom. The van der Waals surface area contributed by atoms with Gasteiger partial charge in [-0.3, -0.25) is 0 Å². The van der Waals surface area contributed by atoms with Crippen molar-refractivity contribution in [1.82, 2.24) is 0 Å². The number of nitrogens with two attached hydrogens (primary N) is 1. The third-order valence-electron chi connectivity index (χ3n) is 2.43. The van der Waals surface area contributed by atoms with E-state index in [-0.39, 0.29) is 6.04 Å². The summed E-state index contributed by atoms with van der Waals surface area (Å²) >= 11 is 0. The molecule has 2 rings (SSSR count). The predicted molar refractivity (Wildman–Crippen MR) is 43.3 cm³/mol. The van der Waals surface area contributed by atoms with Crippen LogP contribution in [0.3, 0.4) is 0 Å². The number of hydrogen-bond donors (Lipinski definition) is 2. The molecule has 0 amide bonds. The molecule has 0 heterocycles. The third kappa shape index (κ3) is 1.09. The number of phenols is 1. The van der Waals surface area contributed by atoms with Crippen LogP contribution in [-0.2, 0) is 6.42 Å². The zero-order valence-electron chi connectivity index (χ0n) is 6.85. The molecule has 1 aromatic carbocycles. The normalized spacial score (nSPS) is 20.4. The minimum absolute atomic E-state index is 0.281. The van der Waals surface area contributed by atoms with Crippen molar-refractivity contribution in [3.8, 4) is 5.75 Å². The smallest absolute Gasteiger partial charge is 0.200 e. The molecule has 0 saturated carbocycles. The van der Waals surface area contributed by atoms with Gasteiger partial charge < -0.3 is 10.8 Å². The van der Waals surface area contributed by atoms with Gasteiger partial charge in [-0.15, -0.1) is 0 Å². The van der Waals surface area contributed by atoms with Gasteiger partial charge in [-0.1, -0.05) is 0 Å². The molecule has 1 aliphatic rings. The molecule has 0 aromatic heterocycles. The molecule has 13 heavy (non-hydrogen) atoms. The molecular weight excluding hydrogens is 176 g/mol. The van der Waals surface area contributed by atoms with Crippen LogP contribution in [0.2, 0.25) is 0 Å². The lowest BCUT2D eigenvalue weighted by atomic mass is 10.1. The Labute approximate surface area is 74.0 Å². The van der Waals surface area contributed by atoms with Crippen LogP contribution in [0.15, 0.2) is 6.07 Å². The van der Waals surface area contributed by atoms with E-state index in [9.17, 15) is 8.78 Å². The Balaban J connectivity index is 2.67. The quantitative estimate of drug-likeness (QED) is 0.645. The number of aromatic hydroxyl groups is 1. The first-order chi connectivity index (χ1) is 6.11. The maximum absolute atomic E-state index is 13.1. The number of fused-ring (bicyclic) bond motifs is 1. The van der Waals surface area contributed by atoms with Gasteiger partial charge in [-0.05, 0) is 30.0 Å². The van der Waals surface area contributed by atoms with Crippen LogP contribution in [0.5, 0.6) is 5.75 Å². The van der Waals surface area contributed by atoms with Gasteiger partial charge in [0.05, 0.1) is 0 Å². The highest BCUT2D eigenvalue weighted by Gasteiger charge is 2.26. The number of phenolic OH excluding ortho intramolecular Hbond substituents is 1. The van der Waals surface area contributed by atoms with E-state index in [1.54, 1.807) is 0 Å². The van der Waals surface area contributed by atoms with Gasteiger partial charge >= 0.3 is 0 Å². The SMILES string of the molecule is N[C@@H]1CCc2c1cc(O)c(F)c2F. The second-order valence-corrected chi connectivity index (χ2v) is 3.24. The minimum atomic E-state index is -1.17. The van der Waals surface area contributed by atoms with Crippen molar-refractivity contribution in [2.75, 3.05) is 0 Å². The molecular formula is C9H9F2NO. The van der Waals surface area contributed by atoms with Gasteiger partial charge in [0.15, 0.2) is 11.6 Å². The Bertz CT molecular complexity index is 365. The van der Waals surface area contributed by atoms with Crippen molar-refractivity contribution >= 4 is 0 Å². The lowest BCUT2D eigenvalue weighted by molar-refractivity contribution is 0.404. The van der Waals surface area contributed by atoms with Gasteiger partial charge in [-0.2, -0.15) is 4.39 Å². The van der Waals surface area contributed by atoms with Crippen LogP contribution in [0.4, 0.5) is 8.78 Å². The average Bonchev–Trinajstić information content (AvgIpc) is 2.45. The average molecular weight is 185 g/mol. The first kappa shape index (κ1) is 8.44. The molecule has 0 fully saturated rings. The minimum Gasteiger partial charge on any atom is -0.505 e. The van der Waals surface area contributed by atoms with E-state index in [0.717, 1.165) is 0 Å². The first-order valence-corrected chi connectivity index (χ1v) is 4.06. The predicted octanol–water partition coefficient (Wildman–Crippen LogP) is 1.62. The van der Waals surface area contributed by atoms with Gasteiger partial charge in [0.2, 0.25) is 5.82 Å². The second-order valence-electron chi connectivity index (χ2n) is 3.24. The van der Waals surface area contributed by atoms with Gasteiger partial charge in [-0.25, -0.2) is 4.39 Å².